The standard InChI is InChI=1S/C24H20O6/c1-10-5-7-12(3)20-15(10)19(25)17(23(26)29-20)14-9-28-22-16-11(2)6-8-13(4)21(16)30-24(27)18(14)22/h5-8,14,25H,9H2,1-4H3. The average molecular weight is 404 g/mol. The Labute approximate surface area is 171 Å². The smallest absolute Gasteiger partial charge is 0.344 e. The molecule has 30 heavy (non-hydrogen) atoms. The summed E-state index contributed by atoms with van der Waals surface area (Å²) < 4.78 is 17.1. The molecule has 5 rings (SSSR count). The maximum absolute atomic E-state index is 12.9. The summed E-state index contributed by atoms with van der Waals surface area (Å²) in [6.07, 6.45) is 0. The van der Waals surface area contributed by atoms with Gasteiger partial charge in [0, 0.05) is 0 Å². The van der Waals surface area contributed by atoms with Gasteiger partial charge in [-0.05, 0) is 49.9 Å². The zero-order valence-corrected chi connectivity index (χ0v) is 17.1. The Bertz CT molecular complexity index is 1490. The monoisotopic (exact) mass is 404 g/mol. The van der Waals surface area contributed by atoms with E-state index in [4.69, 9.17) is 13.6 Å². The molecule has 6 nitrogen and oxygen atoms in total. The van der Waals surface area contributed by atoms with E-state index in [9.17, 15) is 14.7 Å². The molecular weight excluding hydrogens is 384 g/mol. The van der Waals surface area contributed by atoms with Gasteiger partial charge in [0.25, 0.3) is 0 Å². The van der Waals surface area contributed by atoms with Crippen LogP contribution in [0.1, 0.15) is 39.3 Å². The number of ether oxygens (including phenoxy) is 1. The van der Waals surface area contributed by atoms with Crippen LogP contribution in [0, 0.1) is 27.7 Å². The molecule has 0 fully saturated rings. The van der Waals surface area contributed by atoms with Crippen LogP contribution in [-0.4, -0.2) is 11.7 Å². The quantitative estimate of drug-likeness (QED) is 0.474. The second-order valence-corrected chi connectivity index (χ2v) is 7.95. The molecular formula is C24H20O6. The van der Waals surface area contributed by atoms with Gasteiger partial charge in [-0.3, -0.25) is 0 Å². The first-order chi connectivity index (χ1) is 14.3. The number of fused-ring (bicyclic) bond motifs is 4. The molecule has 1 N–H and O–H groups in total. The first kappa shape index (κ1) is 18.5. The van der Waals surface area contributed by atoms with Gasteiger partial charge in [0.05, 0.1) is 34.4 Å². The fourth-order valence-electron chi connectivity index (χ4n) is 4.40. The molecule has 2 aromatic heterocycles. The van der Waals surface area contributed by atoms with Gasteiger partial charge in [-0.2, -0.15) is 0 Å². The van der Waals surface area contributed by atoms with Gasteiger partial charge in [0.1, 0.15) is 22.7 Å². The van der Waals surface area contributed by atoms with Gasteiger partial charge >= 0.3 is 11.3 Å². The zero-order valence-electron chi connectivity index (χ0n) is 17.1. The summed E-state index contributed by atoms with van der Waals surface area (Å²) in [4.78, 5) is 25.8. The van der Waals surface area contributed by atoms with Crippen LogP contribution in [0.25, 0.3) is 21.9 Å². The molecule has 1 atom stereocenters. The lowest BCUT2D eigenvalue weighted by atomic mass is 9.91. The highest BCUT2D eigenvalue weighted by molar-refractivity contribution is 5.92. The van der Waals surface area contributed by atoms with Crippen LogP contribution < -0.4 is 16.0 Å². The van der Waals surface area contributed by atoms with E-state index in [0.717, 1.165) is 22.3 Å². The van der Waals surface area contributed by atoms with Crippen molar-refractivity contribution in [2.24, 2.45) is 0 Å². The van der Waals surface area contributed by atoms with Gasteiger partial charge in [-0.1, -0.05) is 24.3 Å². The minimum Gasteiger partial charge on any atom is -0.507 e. The normalized spacial score (nSPS) is 15.5. The fraction of sp³-hybridized carbons (Fsp3) is 0.250. The highest BCUT2D eigenvalue weighted by Gasteiger charge is 2.37. The van der Waals surface area contributed by atoms with Crippen LogP contribution in [0.2, 0.25) is 0 Å². The van der Waals surface area contributed by atoms with E-state index in [2.05, 4.69) is 0 Å². The zero-order chi connectivity index (χ0) is 21.3. The molecule has 152 valence electrons. The minimum atomic E-state index is -0.777. The predicted octanol–water partition coefficient (Wildman–Crippen LogP) is 4.36. The number of hydrogen-bond donors (Lipinski definition) is 1. The number of benzene rings is 2. The van der Waals surface area contributed by atoms with Crippen LogP contribution in [0.5, 0.6) is 11.5 Å². The van der Waals surface area contributed by atoms with Gasteiger partial charge in [0.2, 0.25) is 0 Å². The number of aryl methyl sites for hydroxylation is 4. The summed E-state index contributed by atoms with van der Waals surface area (Å²) in [5.74, 6) is -0.544. The molecule has 0 bridgehead atoms. The molecule has 1 aliphatic rings. The third kappa shape index (κ3) is 2.36. The molecule has 0 saturated carbocycles. The van der Waals surface area contributed by atoms with Crippen molar-refractivity contribution >= 4 is 21.9 Å². The Hall–Kier alpha value is -3.54. The lowest BCUT2D eigenvalue weighted by molar-refractivity contribution is 0.339. The van der Waals surface area contributed by atoms with Gasteiger partial charge in [0.15, 0.2) is 0 Å². The third-order valence-electron chi connectivity index (χ3n) is 6.01. The molecule has 0 aliphatic carbocycles. The maximum atomic E-state index is 12.9. The topological polar surface area (TPSA) is 89.9 Å². The first-order valence-corrected chi connectivity index (χ1v) is 9.75. The SMILES string of the molecule is Cc1ccc(C)c2c(O)c(C3COc4c3c(=O)oc3c(C)ccc(C)c43)c(=O)oc12. The van der Waals surface area contributed by atoms with E-state index in [-0.39, 0.29) is 23.5 Å². The van der Waals surface area contributed by atoms with E-state index < -0.39 is 17.2 Å². The van der Waals surface area contributed by atoms with E-state index in [1.54, 1.807) is 0 Å². The predicted molar refractivity (Wildman–Crippen MR) is 113 cm³/mol. The van der Waals surface area contributed by atoms with Crippen LogP contribution in [0.4, 0.5) is 0 Å². The molecule has 6 heteroatoms. The van der Waals surface area contributed by atoms with Crippen molar-refractivity contribution in [1.82, 2.24) is 0 Å². The fourth-order valence-corrected chi connectivity index (χ4v) is 4.40. The Balaban J connectivity index is 1.85. The molecule has 2 aromatic carbocycles. The average Bonchev–Trinajstić information content (AvgIpc) is 3.13. The summed E-state index contributed by atoms with van der Waals surface area (Å²) >= 11 is 0. The Morgan fingerprint density at radius 2 is 1.27 bits per heavy atom. The Kier molecular flexibility index (Phi) is 3.84. The molecule has 4 aromatic rings. The van der Waals surface area contributed by atoms with Crippen LogP contribution in [0.3, 0.4) is 0 Å². The number of rotatable bonds is 1. The first-order valence-electron chi connectivity index (χ1n) is 9.75. The van der Waals surface area contributed by atoms with Crippen molar-refractivity contribution in [2.75, 3.05) is 6.61 Å². The largest absolute Gasteiger partial charge is 0.507 e. The van der Waals surface area contributed by atoms with Crippen molar-refractivity contribution < 1.29 is 18.7 Å². The van der Waals surface area contributed by atoms with Crippen molar-refractivity contribution in [3.63, 3.8) is 0 Å². The van der Waals surface area contributed by atoms with Crippen molar-refractivity contribution in [2.45, 2.75) is 33.6 Å². The summed E-state index contributed by atoms with van der Waals surface area (Å²) in [6.45, 7) is 7.45. The molecule has 3 heterocycles. The molecule has 1 aliphatic heterocycles. The van der Waals surface area contributed by atoms with Crippen LogP contribution in [-0.2, 0) is 0 Å². The van der Waals surface area contributed by atoms with E-state index in [1.807, 2.05) is 52.0 Å². The van der Waals surface area contributed by atoms with Crippen molar-refractivity contribution in [3.8, 4) is 11.5 Å². The summed E-state index contributed by atoms with van der Waals surface area (Å²) in [6, 6.07) is 7.50. The van der Waals surface area contributed by atoms with E-state index in [1.165, 1.54) is 0 Å². The van der Waals surface area contributed by atoms with Crippen LogP contribution >= 0.6 is 0 Å². The van der Waals surface area contributed by atoms with Gasteiger partial charge in [-0.25, -0.2) is 9.59 Å². The highest BCUT2D eigenvalue weighted by Crippen LogP contribution is 2.45. The summed E-state index contributed by atoms with van der Waals surface area (Å²) in [5.41, 5.74) is 3.06. The number of hydrogen-bond acceptors (Lipinski definition) is 6. The van der Waals surface area contributed by atoms with Crippen molar-refractivity contribution in [1.29, 1.82) is 0 Å². The molecule has 0 spiro atoms. The Morgan fingerprint density at radius 1 is 0.767 bits per heavy atom. The molecule has 1 unspecified atom stereocenters. The lowest BCUT2D eigenvalue weighted by Crippen LogP contribution is -2.19. The second kappa shape index (κ2) is 6.23. The summed E-state index contributed by atoms with van der Waals surface area (Å²) in [7, 11) is 0. The molecule has 0 radical (unpaired) electrons. The Morgan fingerprint density at radius 3 is 1.90 bits per heavy atom. The van der Waals surface area contributed by atoms with E-state index >= 15 is 0 Å². The summed E-state index contributed by atoms with van der Waals surface area (Å²) in [5, 5.41) is 12.3. The number of aromatic hydroxyl groups is 1. The molecule has 0 amide bonds. The highest BCUT2D eigenvalue weighted by atomic mass is 16.5. The lowest BCUT2D eigenvalue weighted by Gasteiger charge is -2.13. The van der Waals surface area contributed by atoms with Gasteiger partial charge in [-0.15, -0.1) is 0 Å². The molecule has 0 saturated heterocycles. The van der Waals surface area contributed by atoms with Gasteiger partial charge < -0.3 is 18.7 Å². The van der Waals surface area contributed by atoms with Crippen LogP contribution in [0.15, 0.2) is 42.7 Å². The second-order valence-electron chi connectivity index (χ2n) is 7.95. The maximum Gasteiger partial charge on any atom is 0.344 e. The van der Waals surface area contributed by atoms with Crippen molar-refractivity contribution in [3.05, 3.63) is 78.5 Å². The third-order valence-corrected chi connectivity index (χ3v) is 6.01. The minimum absolute atomic E-state index is 0.0203. The van der Waals surface area contributed by atoms with E-state index in [0.29, 0.717) is 27.7 Å².